The van der Waals surface area contributed by atoms with Crippen molar-refractivity contribution in [2.45, 2.75) is 93.8 Å². The molecule has 0 spiro atoms. The van der Waals surface area contributed by atoms with Gasteiger partial charge < -0.3 is 9.47 Å². The first-order valence-corrected chi connectivity index (χ1v) is 8.58. The minimum absolute atomic E-state index is 0.0643. The summed E-state index contributed by atoms with van der Waals surface area (Å²) in [4.78, 5) is 24.7. The van der Waals surface area contributed by atoms with Crippen LogP contribution in [0.3, 0.4) is 0 Å². The summed E-state index contributed by atoms with van der Waals surface area (Å²) in [7, 11) is 0. The van der Waals surface area contributed by atoms with Gasteiger partial charge in [0, 0.05) is 0 Å². The molecule has 0 radical (unpaired) electrons. The van der Waals surface area contributed by atoms with Crippen LogP contribution in [-0.4, -0.2) is 23.6 Å². The third-order valence-corrected chi connectivity index (χ3v) is 4.53. The van der Waals surface area contributed by atoms with Gasteiger partial charge in [-0.15, -0.1) is 0 Å². The minimum Gasteiger partial charge on any atom is -0.463 e. The van der Waals surface area contributed by atoms with Gasteiger partial charge in [0.2, 0.25) is 0 Å². The first-order chi connectivity index (χ1) is 10.1. The van der Waals surface area contributed by atoms with Crippen LogP contribution in [0.1, 0.15) is 82.1 Å². The van der Waals surface area contributed by atoms with Crippen molar-refractivity contribution >= 4 is 11.9 Å². The van der Waals surface area contributed by atoms with Crippen molar-refractivity contribution in [1.29, 1.82) is 0 Å². The third-order valence-electron chi connectivity index (χ3n) is 4.53. The standard InChI is InChI=1S/C19H36O4/c1-11-17(5,6)12-18(7,8)16(21)23-19(9,10)14(4)15(20)22-13(2)3/h13-14H,11-12H2,1-10H3/t14-/m0/s1. The Morgan fingerprint density at radius 3 is 1.83 bits per heavy atom. The Labute approximate surface area is 142 Å². The van der Waals surface area contributed by atoms with Gasteiger partial charge in [-0.25, -0.2) is 0 Å². The zero-order chi connectivity index (χ0) is 18.6. The molecule has 0 heterocycles. The first-order valence-electron chi connectivity index (χ1n) is 8.58. The fourth-order valence-electron chi connectivity index (χ4n) is 2.48. The highest BCUT2D eigenvalue weighted by molar-refractivity contribution is 5.78. The molecule has 0 saturated heterocycles. The second-order valence-electron chi connectivity index (χ2n) is 8.78. The Kier molecular flexibility index (Phi) is 7.32. The lowest BCUT2D eigenvalue weighted by Gasteiger charge is -2.37. The third kappa shape index (κ3) is 6.92. The van der Waals surface area contributed by atoms with E-state index in [1.54, 1.807) is 34.6 Å². The van der Waals surface area contributed by atoms with E-state index in [-0.39, 0.29) is 23.5 Å². The van der Waals surface area contributed by atoms with Gasteiger partial charge in [-0.3, -0.25) is 9.59 Å². The maximum Gasteiger partial charge on any atom is 0.312 e. The summed E-state index contributed by atoms with van der Waals surface area (Å²) in [5.41, 5.74) is -1.44. The summed E-state index contributed by atoms with van der Waals surface area (Å²) in [6.45, 7) is 19.1. The van der Waals surface area contributed by atoms with Crippen molar-refractivity contribution in [2.24, 2.45) is 16.7 Å². The van der Waals surface area contributed by atoms with Gasteiger partial charge in [0.25, 0.3) is 0 Å². The summed E-state index contributed by atoms with van der Waals surface area (Å²) >= 11 is 0. The topological polar surface area (TPSA) is 52.6 Å². The number of carbonyl (C=O) groups is 2. The van der Waals surface area contributed by atoms with Crippen molar-refractivity contribution in [2.75, 3.05) is 0 Å². The Balaban J connectivity index is 5.01. The number of hydrogen-bond donors (Lipinski definition) is 0. The lowest BCUT2D eigenvalue weighted by Crippen LogP contribution is -2.44. The maximum absolute atomic E-state index is 12.6. The van der Waals surface area contributed by atoms with Crippen LogP contribution in [0.2, 0.25) is 0 Å². The molecule has 0 amide bonds. The molecule has 0 N–H and O–H groups in total. The zero-order valence-corrected chi connectivity index (χ0v) is 16.7. The summed E-state index contributed by atoms with van der Waals surface area (Å²) < 4.78 is 11.0. The molecular formula is C19H36O4. The molecule has 136 valence electrons. The van der Waals surface area contributed by atoms with E-state index in [0.717, 1.165) is 12.8 Å². The minimum atomic E-state index is -0.906. The Bertz CT molecular complexity index is 419. The lowest BCUT2D eigenvalue weighted by atomic mass is 9.73. The van der Waals surface area contributed by atoms with Gasteiger partial charge in [0.05, 0.1) is 17.4 Å². The predicted molar refractivity (Wildman–Crippen MR) is 93.0 cm³/mol. The molecule has 1 atom stereocenters. The second-order valence-corrected chi connectivity index (χ2v) is 8.78. The fourth-order valence-corrected chi connectivity index (χ4v) is 2.48. The van der Waals surface area contributed by atoms with Gasteiger partial charge in [-0.1, -0.05) is 27.2 Å². The van der Waals surface area contributed by atoms with Crippen molar-refractivity contribution in [3.05, 3.63) is 0 Å². The van der Waals surface area contributed by atoms with Crippen molar-refractivity contribution < 1.29 is 19.1 Å². The van der Waals surface area contributed by atoms with Crippen LogP contribution in [0, 0.1) is 16.7 Å². The molecule has 0 rings (SSSR count). The highest BCUT2D eigenvalue weighted by Crippen LogP contribution is 2.38. The second kappa shape index (κ2) is 7.67. The molecule has 23 heavy (non-hydrogen) atoms. The van der Waals surface area contributed by atoms with E-state index in [2.05, 4.69) is 20.8 Å². The number of rotatable bonds is 8. The average Bonchev–Trinajstić information content (AvgIpc) is 2.35. The Morgan fingerprint density at radius 2 is 1.43 bits per heavy atom. The van der Waals surface area contributed by atoms with Crippen LogP contribution in [0.4, 0.5) is 0 Å². The van der Waals surface area contributed by atoms with Crippen LogP contribution in [0.25, 0.3) is 0 Å². The monoisotopic (exact) mass is 328 g/mol. The van der Waals surface area contributed by atoms with E-state index in [0.29, 0.717) is 0 Å². The van der Waals surface area contributed by atoms with Crippen LogP contribution in [-0.2, 0) is 19.1 Å². The smallest absolute Gasteiger partial charge is 0.312 e. The maximum atomic E-state index is 12.6. The largest absolute Gasteiger partial charge is 0.463 e. The van der Waals surface area contributed by atoms with E-state index in [1.165, 1.54) is 0 Å². The molecule has 0 bridgehead atoms. The molecule has 0 aliphatic rings. The van der Waals surface area contributed by atoms with Crippen molar-refractivity contribution in [3.63, 3.8) is 0 Å². The lowest BCUT2D eigenvalue weighted by molar-refractivity contribution is -0.181. The molecule has 4 nitrogen and oxygen atoms in total. The number of esters is 2. The van der Waals surface area contributed by atoms with Crippen LogP contribution >= 0.6 is 0 Å². The summed E-state index contributed by atoms with van der Waals surface area (Å²) in [6.07, 6.45) is 1.54. The molecule has 0 saturated carbocycles. The molecule has 0 aliphatic heterocycles. The van der Waals surface area contributed by atoms with Gasteiger partial charge >= 0.3 is 11.9 Å². The van der Waals surface area contributed by atoms with Gasteiger partial charge in [-0.2, -0.15) is 0 Å². The van der Waals surface area contributed by atoms with Crippen LogP contribution in [0.15, 0.2) is 0 Å². The average molecular weight is 328 g/mol. The number of ether oxygens (including phenoxy) is 2. The highest BCUT2D eigenvalue weighted by atomic mass is 16.6. The number of carbonyl (C=O) groups excluding carboxylic acids is 2. The van der Waals surface area contributed by atoms with Crippen molar-refractivity contribution in [1.82, 2.24) is 0 Å². The molecule has 4 heteroatoms. The molecule has 0 unspecified atom stereocenters. The van der Waals surface area contributed by atoms with Gasteiger partial charge in [0.1, 0.15) is 5.60 Å². The summed E-state index contributed by atoms with van der Waals surface area (Å²) in [5, 5.41) is 0. The van der Waals surface area contributed by atoms with Gasteiger partial charge in [-0.05, 0) is 60.3 Å². The van der Waals surface area contributed by atoms with E-state index in [1.807, 2.05) is 13.8 Å². The van der Waals surface area contributed by atoms with E-state index < -0.39 is 16.9 Å². The van der Waals surface area contributed by atoms with E-state index in [4.69, 9.17) is 9.47 Å². The predicted octanol–water partition coefficient (Wildman–Crippen LogP) is 4.75. The molecular weight excluding hydrogens is 292 g/mol. The molecule has 0 aromatic rings. The van der Waals surface area contributed by atoms with Gasteiger partial charge in [0.15, 0.2) is 0 Å². The summed E-state index contributed by atoms with van der Waals surface area (Å²) in [6, 6.07) is 0. The highest BCUT2D eigenvalue weighted by Gasteiger charge is 2.42. The fraction of sp³-hybridized carbons (Fsp3) is 0.895. The van der Waals surface area contributed by atoms with Crippen LogP contribution < -0.4 is 0 Å². The zero-order valence-electron chi connectivity index (χ0n) is 16.7. The number of hydrogen-bond acceptors (Lipinski definition) is 4. The normalized spacial score (nSPS) is 14.6. The molecule has 0 fully saturated rings. The molecule has 0 aromatic carbocycles. The van der Waals surface area contributed by atoms with Crippen molar-refractivity contribution in [3.8, 4) is 0 Å². The first kappa shape index (κ1) is 21.9. The Hall–Kier alpha value is -1.06. The molecule has 0 aliphatic carbocycles. The summed E-state index contributed by atoms with van der Waals surface area (Å²) in [5.74, 6) is -1.14. The van der Waals surface area contributed by atoms with E-state index >= 15 is 0 Å². The Morgan fingerprint density at radius 1 is 0.957 bits per heavy atom. The SMILES string of the molecule is CCC(C)(C)CC(C)(C)C(=O)OC(C)(C)[C@@H](C)C(=O)OC(C)C. The molecule has 0 aromatic heterocycles. The van der Waals surface area contributed by atoms with E-state index in [9.17, 15) is 9.59 Å². The quantitative estimate of drug-likeness (QED) is 0.603. The van der Waals surface area contributed by atoms with Crippen LogP contribution in [0.5, 0.6) is 0 Å².